The Hall–Kier alpha value is -1.96. The van der Waals surface area contributed by atoms with Crippen LogP contribution in [0.3, 0.4) is 0 Å². The van der Waals surface area contributed by atoms with Gasteiger partial charge in [0.2, 0.25) is 0 Å². The molecule has 3 saturated heterocycles. The van der Waals surface area contributed by atoms with Crippen LogP contribution in [0, 0.1) is 0 Å². The molecule has 1 aromatic carbocycles. The van der Waals surface area contributed by atoms with E-state index in [0.717, 1.165) is 0 Å². The van der Waals surface area contributed by atoms with Gasteiger partial charge in [-0.3, -0.25) is 0 Å². The number of carbonyl (C=O) groups excluding carboxylic acids is 2. The fraction of sp³-hybridized carbons (Fsp3) is 0.600. The van der Waals surface area contributed by atoms with Crippen LogP contribution in [0.25, 0.3) is 0 Å². The minimum atomic E-state index is -0.546. The molecule has 4 rings (SSSR count). The van der Waals surface area contributed by atoms with Gasteiger partial charge in [-0.1, -0.05) is 25.5 Å². The summed E-state index contributed by atoms with van der Waals surface area (Å²) in [6, 6.07) is 6.43. The van der Waals surface area contributed by atoms with Gasteiger partial charge in [-0.25, -0.2) is 9.59 Å². The van der Waals surface area contributed by atoms with E-state index in [1.807, 2.05) is 0 Å². The smallest absolute Gasteiger partial charge is 0.339 e. The molecule has 0 aliphatic carbocycles. The maximum atomic E-state index is 11.9. The van der Waals surface area contributed by atoms with Crippen LogP contribution in [0.15, 0.2) is 24.3 Å². The molecule has 0 amide bonds. The number of epoxide rings is 3. The molecule has 27 heavy (non-hydrogen) atoms. The summed E-state index contributed by atoms with van der Waals surface area (Å²) in [5, 5.41) is 0. The van der Waals surface area contributed by atoms with Crippen LogP contribution in [0.5, 0.6) is 0 Å². The lowest BCUT2D eigenvalue weighted by molar-refractivity contribution is 0.0430. The van der Waals surface area contributed by atoms with Gasteiger partial charge in [-0.15, -0.1) is 0 Å². The van der Waals surface area contributed by atoms with E-state index in [-0.39, 0.29) is 36.5 Å². The molecular formula is C20H26O7. The van der Waals surface area contributed by atoms with Gasteiger partial charge in [0.05, 0.1) is 36.5 Å². The Labute approximate surface area is 158 Å². The molecule has 7 heteroatoms. The number of carbonyl (C=O) groups is 2. The van der Waals surface area contributed by atoms with Crippen LogP contribution in [-0.4, -0.2) is 62.8 Å². The fourth-order valence-electron chi connectivity index (χ4n) is 2.48. The lowest BCUT2D eigenvalue weighted by atomic mass is 10.1. The summed E-state index contributed by atoms with van der Waals surface area (Å²) in [5.74, 6) is -1.09. The minimum Gasteiger partial charge on any atom is -0.459 e. The summed E-state index contributed by atoms with van der Waals surface area (Å²) in [4.78, 5) is 23.9. The fourth-order valence-corrected chi connectivity index (χ4v) is 2.48. The zero-order valence-corrected chi connectivity index (χ0v) is 15.7. The first-order valence-electron chi connectivity index (χ1n) is 9.40. The molecule has 0 aromatic heterocycles. The second-order valence-electron chi connectivity index (χ2n) is 6.82. The SMILES string of the molecule is CCCC1OC1C.O=C(OCC1CO1)c1ccccc1C(=O)OCC1CO1. The Morgan fingerprint density at radius 3 is 1.74 bits per heavy atom. The highest BCUT2D eigenvalue weighted by atomic mass is 16.6. The van der Waals surface area contributed by atoms with E-state index in [1.54, 1.807) is 24.3 Å². The molecule has 3 heterocycles. The van der Waals surface area contributed by atoms with E-state index >= 15 is 0 Å². The predicted octanol–water partition coefficient (Wildman–Crippen LogP) is 2.37. The van der Waals surface area contributed by atoms with Crippen molar-refractivity contribution in [1.82, 2.24) is 0 Å². The van der Waals surface area contributed by atoms with E-state index in [9.17, 15) is 9.59 Å². The van der Waals surface area contributed by atoms with Gasteiger partial charge in [-0.05, 0) is 25.5 Å². The van der Waals surface area contributed by atoms with E-state index in [2.05, 4.69) is 13.8 Å². The number of rotatable bonds is 8. The van der Waals surface area contributed by atoms with Gasteiger partial charge in [-0.2, -0.15) is 0 Å². The number of benzene rings is 1. The van der Waals surface area contributed by atoms with Crippen LogP contribution in [-0.2, 0) is 23.7 Å². The van der Waals surface area contributed by atoms with Crippen molar-refractivity contribution in [3.05, 3.63) is 35.4 Å². The Bertz CT molecular complexity index is 604. The molecule has 3 aliphatic rings. The van der Waals surface area contributed by atoms with Gasteiger partial charge >= 0.3 is 11.9 Å². The van der Waals surface area contributed by atoms with Crippen LogP contribution < -0.4 is 0 Å². The third-order valence-electron chi connectivity index (χ3n) is 4.38. The Morgan fingerprint density at radius 1 is 1.00 bits per heavy atom. The van der Waals surface area contributed by atoms with Crippen molar-refractivity contribution in [2.24, 2.45) is 0 Å². The third-order valence-corrected chi connectivity index (χ3v) is 4.38. The molecule has 0 N–H and O–H groups in total. The normalized spacial score (nSPS) is 27.0. The molecular weight excluding hydrogens is 352 g/mol. The third kappa shape index (κ3) is 6.61. The molecule has 3 aliphatic heterocycles. The quantitative estimate of drug-likeness (QED) is 0.507. The van der Waals surface area contributed by atoms with Crippen molar-refractivity contribution in [2.45, 2.75) is 51.1 Å². The van der Waals surface area contributed by atoms with Crippen molar-refractivity contribution in [3.63, 3.8) is 0 Å². The van der Waals surface area contributed by atoms with Crippen LogP contribution in [0.1, 0.15) is 47.4 Å². The van der Waals surface area contributed by atoms with Crippen molar-refractivity contribution in [2.75, 3.05) is 26.4 Å². The monoisotopic (exact) mass is 378 g/mol. The molecule has 0 spiro atoms. The minimum absolute atomic E-state index is 0.00919. The Balaban J connectivity index is 0.000000253. The highest BCUT2D eigenvalue weighted by molar-refractivity contribution is 6.03. The number of esters is 2. The number of ether oxygens (including phenoxy) is 5. The van der Waals surface area contributed by atoms with E-state index in [4.69, 9.17) is 23.7 Å². The van der Waals surface area contributed by atoms with E-state index < -0.39 is 11.9 Å². The molecule has 148 valence electrons. The molecule has 3 fully saturated rings. The molecule has 4 unspecified atom stereocenters. The standard InChI is InChI=1S/C14H14O6.C6H12O/c15-13(19-7-9-5-17-9)11-3-1-2-4-12(11)14(16)20-8-10-6-18-10;1-3-4-6-5(2)7-6/h1-4,9-10H,5-8H2;5-6H,3-4H2,1-2H3. The Morgan fingerprint density at radius 2 is 1.44 bits per heavy atom. The first-order chi connectivity index (χ1) is 13.1. The van der Waals surface area contributed by atoms with Crippen LogP contribution >= 0.6 is 0 Å². The summed E-state index contributed by atoms with van der Waals surface area (Å²) in [6.07, 6.45) is 3.68. The van der Waals surface area contributed by atoms with E-state index in [0.29, 0.717) is 25.4 Å². The van der Waals surface area contributed by atoms with Crippen LogP contribution in [0.4, 0.5) is 0 Å². The van der Waals surface area contributed by atoms with Gasteiger partial charge in [0.15, 0.2) is 0 Å². The molecule has 0 saturated carbocycles. The van der Waals surface area contributed by atoms with Gasteiger partial charge in [0, 0.05) is 0 Å². The maximum absolute atomic E-state index is 11.9. The average Bonchev–Trinajstić information content (AvgIpc) is 3.51. The summed E-state index contributed by atoms with van der Waals surface area (Å²) in [7, 11) is 0. The molecule has 4 atom stereocenters. The number of hydrogen-bond donors (Lipinski definition) is 0. The topological polar surface area (TPSA) is 90.2 Å². The highest BCUT2D eigenvalue weighted by Gasteiger charge is 2.32. The van der Waals surface area contributed by atoms with Crippen molar-refractivity contribution < 1.29 is 33.3 Å². The van der Waals surface area contributed by atoms with Gasteiger partial charge in [0.25, 0.3) is 0 Å². The van der Waals surface area contributed by atoms with Crippen LogP contribution in [0.2, 0.25) is 0 Å². The first-order valence-corrected chi connectivity index (χ1v) is 9.40. The lowest BCUT2D eigenvalue weighted by Gasteiger charge is -2.08. The summed E-state index contributed by atoms with van der Waals surface area (Å²) < 4.78 is 25.2. The van der Waals surface area contributed by atoms with Crippen molar-refractivity contribution >= 4 is 11.9 Å². The molecule has 7 nitrogen and oxygen atoms in total. The predicted molar refractivity (Wildman–Crippen MR) is 95.7 cm³/mol. The second kappa shape index (κ2) is 9.30. The zero-order valence-electron chi connectivity index (χ0n) is 15.7. The second-order valence-corrected chi connectivity index (χ2v) is 6.82. The largest absolute Gasteiger partial charge is 0.459 e. The molecule has 1 aromatic rings. The van der Waals surface area contributed by atoms with Gasteiger partial charge < -0.3 is 23.7 Å². The highest BCUT2D eigenvalue weighted by Crippen LogP contribution is 2.24. The first kappa shape index (κ1) is 19.8. The van der Waals surface area contributed by atoms with Crippen molar-refractivity contribution in [3.8, 4) is 0 Å². The molecule has 0 bridgehead atoms. The summed E-state index contributed by atoms with van der Waals surface area (Å²) in [5.41, 5.74) is 0.407. The maximum Gasteiger partial charge on any atom is 0.339 e. The van der Waals surface area contributed by atoms with Crippen molar-refractivity contribution in [1.29, 1.82) is 0 Å². The van der Waals surface area contributed by atoms with Gasteiger partial charge in [0.1, 0.15) is 25.4 Å². The van der Waals surface area contributed by atoms with E-state index in [1.165, 1.54) is 12.8 Å². The summed E-state index contributed by atoms with van der Waals surface area (Å²) >= 11 is 0. The zero-order chi connectivity index (χ0) is 19.2. The Kier molecular flexibility index (Phi) is 6.82. The summed E-state index contributed by atoms with van der Waals surface area (Å²) in [6.45, 7) is 5.95. The number of hydrogen-bond acceptors (Lipinski definition) is 7. The average molecular weight is 378 g/mol. The molecule has 0 radical (unpaired) electrons. The lowest BCUT2D eigenvalue weighted by Crippen LogP contribution is -2.17.